The maximum atomic E-state index is 12.0. The lowest BCUT2D eigenvalue weighted by Crippen LogP contribution is -2.10. The van der Waals surface area contributed by atoms with Crippen LogP contribution in [0.1, 0.15) is 16.2 Å². The van der Waals surface area contributed by atoms with E-state index in [2.05, 4.69) is 15.4 Å². The van der Waals surface area contributed by atoms with Gasteiger partial charge in [0, 0.05) is 12.1 Å². The highest BCUT2D eigenvalue weighted by atomic mass is 16.5. The first-order chi connectivity index (χ1) is 10.0. The Hall–Kier alpha value is -2.84. The summed E-state index contributed by atoms with van der Waals surface area (Å²) in [6.45, 7) is -0.0968. The first-order valence-corrected chi connectivity index (χ1v) is 5.96. The van der Waals surface area contributed by atoms with Crippen molar-refractivity contribution >= 4 is 11.7 Å². The number of tetrazole rings is 1. The number of anilines is 1. The van der Waals surface area contributed by atoms with Gasteiger partial charge in [0.1, 0.15) is 0 Å². The van der Waals surface area contributed by atoms with E-state index in [4.69, 9.17) is 19.9 Å². The van der Waals surface area contributed by atoms with Gasteiger partial charge in [-0.25, -0.2) is 4.79 Å². The lowest BCUT2D eigenvalue weighted by Gasteiger charge is -2.11. The quantitative estimate of drug-likeness (QED) is 0.612. The molecule has 0 spiro atoms. The summed E-state index contributed by atoms with van der Waals surface area (Å²) in [6.07, 6.45) is 0. The number of nitrogens with two attached hydrogens (primary N) is 1. The predicted octanol–water partition coefficient (Wildman–Crippen LogP) is 0.166. The average Bonchev–Trinajstić information content (AvgIpc) is 2.90. The summed E-state index contributed by atoms with van der Waals surface area (Å²) in [5.74, 6) is 0.504. The molecule has 9 heteroatoms. The summed E-state index contributed by atoms with van der Waals surface area (Å²) < 4.78 is 15.3. The van der Waals surface area contributed by atoms with Crippen molar-refractivity contribution in [1.29, 1.82) is 0 Å². The average molecular weight is 293 g/mol. The van der Waals surface area contributed by atoms with Crippen LogP contribution in [0, 0.1) is 0 Å². The van der Waals surface area contributed by atoms with Crippen LogP contribution in [-0.2, 0) is 18.4 Å². The molecule has 0 aliphatic heterocycles. The molecule has 9 nitrogen and oxygen atoms in total. The van der Waals surface area contributed by atoms with Gasteiger partial charge in [0.15, 0.2) is 18.1 Å². The summed E-state index contributed by atoms with van der Waals surface area (Å²) in [5, 5.41) is 11.3. The molecule has 1 heterocycles. The van der Waals surface area contributed by atoms with E-state index in [1.807, 2.05) is 0 Å². The summed E-state index contributed by atoms with van der Waals surface area (Å²) in [6, 6.07) is 2.95. The van der Waals surface area contributed by atoms with Crippen molar-refractivity contribution in [2.75, 3.05) is 20.0 Å². The summed E-state index contributed by atoms with van der Waals surface area (Å²) in [4.78, 5) is 13.3. The van der Waals surface area contributed by atoms with Crippen LogP contribution >= 0.6 is 0 Å². The Morgan fingerprint density at radius 2 is 1.95 bits per heavy atom. The van der Waals surface area contributed by atoms with Gasteiger partial charge in [0.25, 0.3) is 0 Å². The van der Waals surface area contributed by atoms with Gasteiger partial charge in [-0.1, -0.05) is 0 Å². The van der Waals surface area contributed by atoms with Crippen molar-refractivity contribution in [1.82, 2.24) is 20.2 Å². The molecule has 0 bridgehead atoms. The van der Waals surface area contributed by atoms with Crippen molar-refractivity contribution in [3.05, 3.63) is 23.5 Å². The van der Waals surface area contributed by atoms with Gasteiger partial charge in [0.2, 0.25) is 5.82 Å². The molecule has 0 fully saturated rings. The SMILES string of the molecule is COc1cc(N)c(C(=O)OCc2nnn(C)n2)cc1OC. The lowest BCUT2D eigenvalue weighted by molar-refractivity contribution is 0.0462. The van der Waals surface area contributed by atoms with E-state index in [1.54, 1.807) is 7.05 Å². The van der Waals surface area contributed by atoms with E-state index >= 15 is 0 Å². The number of nitrogen functional groups attached to an aromatic ring is 1. The molecule has 0 amide bonds. The molecule has 0 radical (unpaired) electrons. The van der Waals surface area contributed by atoms with Crippen LogP contribution in [0.15, 0.2) is 12.1 Å². The molecule has 0 atom stereocenters. The van der Waals surface area contributed by atoms with Gasteiger partial charge >= 0.3 is 5.97 Å². The lowest BCUT2D eigenvalue weighted by atomic mass is 10.1. The standard InChI is InChI=1S/C12H15N5O4/c1-17-15-11(14-16-17)6-21-12(18)7-4-9(19-2)10(20-3)5-8(7)13/h4-5H,6,13H2,1-3H3. The predicted molar refractivity (Wildman–Crippen MR) is 71.9 cm³/mol. The third-order valence-electron chi connectivity index (χ3n) is 2.66. The molecule has 1 aromatic heterocycles. The zero-order valence-electron chi connectivity index (χ0n) is 11.9. The number of hydrogen-bond donors (Lipinski definition) is 1. The highest BCUT2D eigenvalue weighted by Gasteiger charge is 2.17. The highest BCUT2D eigenvalue weighted by Crippen LogP contribution is 2.32. The van der Waals surface area contributed by atoms with Crippen LogP contribution < -0.4 is 15.2 Å². The number of ether oxygens (including phenoxy) is 3. The van der Waals surface area contributed by atoms with Gasteiger partial charge in [-0.15, -0.1) is 10.2 Å². The van der Waals surface area contributed by atoms with Crippen molar-refractivity contribution < 1.29 is 19.0 Å². The van der Waals surface area contributed by atoms with Gasteiger partial charge in [-0.2, -0.15) is 4.80 Å². The minimum Gasteiger partial charge on any atom is -0.493 e. The molecule has 0 saturated carbocycles. The fourth-order valence-electron chi connectivity index (χ4n) is 1.66. The molecule has 2 N–H and O–H groups in total. The zero-order chi connectivity index (χ0) is 15.4. The third kappa shape index (κ3) is 3.19. The molecule has 2 rings (SSSR count). The van der Waals surface area contributed by atoms with E-state index in [0.29, 0.717) is 17.3 Å². The van der Waals surface area contributed by atoms with E-state index in [0.717, 1.165) is 0 Å². The Kier molecular flexibility index (Phi) is 4.21. The van der Waals surface area contributed by atoms with Crippen LogP contribution in [0.3, 0.4) is 0 Å². The number of esters is 1. The Bertz CT molecular complexity index is 655. The van der Waals surface area contributed by atoms with Crippen LogP contribution in [0.4, 0.5) is 5.69 Å². The molecule has 0 aliphatic carbocycles. The third-order valence-corrected chi connectivity index (χ3v) is 2.66. The molecule has 0 aliphatic rings. The molecular formula is C12H15N5O4. The normalized spacial score (nSPS) is 10.2. The van der Waals surface area contributed by atoms with Crippen LogP contribution in [0.5, 0.6) is 11.5 Å². The molecular weight excluding hydrogens is 278 g/mol. The monoisotopic (exact) mass is 293 g/mol. The Morgan fingerprint density at radius 1 is 1.29 bits per heavy atom. The van der Waals surface area contributed by atoms with E-state index < -0.39 is 5.97 Å². The Labute approximate surface area is 120 Å². The second-order valence-corrected chi connectivity index (χ2v) is 4.07. The summed E-state index contributed by atoms with van der Waals surface area (Å²) in [5.41, 5.74) is 6.21. The first-order valence-electron chi connectivity index (χ1n) is 5.96. The molecule has 0 saturated heterocycles. The molecule has 2 aromatic rings. The van der Waals surface area contributed by atoms with Crippen LogP contribution in [0.2, 0.25) is 0 Å². The Balaban J connectivity index is 2.15. The topological polar surface area (TPSA) is 114 Å². The minimum atomic E-state index is -0.610. The number of carbonyl (C=O) groups excluding carboxylic acids is 1. The van der Waals surface area contributed by atoms with Crippen molar-refractivity contribution in [2.24, 2.45) is 7.05 Å². The number of rotatable bonds is 5. The molecule has 0 unspecified atom stereocenters. The smallest absolute Gasteiger partial charge is 0.340 e. The van der Waals surface area contributed by atoms with E-state index in [9.17, 15) is 4.79 Å². The Morgan fingerprint density at radius 3 is 2.52 bits per heavy atom. The summed E-state index contributed by atoms with van der Waals surface area (Å²) >= 11 is 0. The number of carbonyl (C=O) groups is 1. The maximum absolute atomic E-state index is 12.0. The van der Waals surface area contributed by atoms with E-state index in [-0.39, 0.29) is 17.9 Å². The van der Waals surface area contributed by atoms with Gasteiger partial charge < -0.3 is 19.9 Å². The van der Waals surface area contributed by atoms with Gasteiger partial charge in [-0.05, 0) is 5.21 Å². The highest BCUT2D eigenvalue weighted by molar-refractivity contribution is 5.96. The summed E-state index contributed by atoms with van der Waals surface area (Å²) in [7, 11) is 4.56. The maximum Gasteiger partial charge on any atom is 0.340 e. The van der Waals surface area contributed by atoms with Gasteiger partial charge in [0.05, 0.1) is 32.5 Å². The number of aryl methyl sites for hydroxylation is 1. The molecule has 21 heavy (non-hydrogen) atoms. The molecule has 1 aromatic carbocycles. The minimum absolute atomic E-state index is 0.0968. The van der Waals surface area contributed by atoms with Crippen LogP contribution in [-0.4, -0.2) is 40.4 Å². The number of methoxy groups -OCH3 is 2. The number of nitrogens with zero attached hydrogens (tertiary/aromatic N) is 4. The van der Waals surface area contributed by atoms with Crippen molar-refractivity contribution in [2.45, 2.75) is 6.61 Å². The van der Waals surface area contributed by atoms with E-state index in [1.165, 1.54) is 31.1 Å². The first kappa shape index (κ1) is 14.6. The second kappa shape index (κ2) is 6.07. The van der Waals surface area contributed by atoms with Crippen molar-refractivity contribution in [3.8, 4) is 11.5 Å². The number of benzene rings is 1. The fourth-order valence-corrected chi connectivity index (χ4v) is 1.66. The zero-order valence-corrected chi connectivity index (χ0v) is 11.9. The number of aromatic nitrogens is 4. The fraction of sp³-hybridized carbons (Fsp3) is 0.333. The largest absolute Gasteiger partial charge is 0.493 e. The number of hydrogen-bond acceptors (Lipinski definition) is 8. The van der Waals surface area contributed by atoms with Crippen LogP contribution in [0.25, 0.3) is 0 Å². The molecule has 112 valence electrons. The van der Waals surface area contributed by atoms with Gasteiger partial charge in [-0.3, -0.25) is 0 Å². The second-order valence-electron chi connectivity index (χ2n) is 4.07. The van der Waals surface area contributed by atoms with Crippen molar-refractivity contribution in [3.63, 3.8) is 0 Å².